The van der Waals surface area contributed by atoms with Crippen LogP contribution in [0.2, 0.25) is 0 Å². The van der Waals surface area contributed by atoms with Gasteiger partial charge in [0, 0.05) is 26.2 Å². The number of nitrogens with zero attached hydrogens (tertiary/aromatic N) is 2. The van der Waals surface area contributed by atoms with E-state index in [0.717, 1.165) is 12.0 Å². The van der Waals surface area contributed by atoms with Gasteiger partial charge in [-0.25, -0.2) is 12.8 Å². The van der Waals surface area contributed by atoms with E-state index in [1.165, 1.54) is 16.4 Å². The van der Waals surface area contributed by atoms with E-state index in [-0.39, 0.29) is 42.1 Å². The second-order valence-electron chi connectivity index (χ2n) is 5.89. The Bertz CT molecular complexity index is 680. The third-order valence-corrected chi connectivity index (χ3v) is 5.80. The Hall–Kier alpha value is -0.980. The normalized spacial score (nSPS) is 15.9. The Morgan fingerprint density at radius 1 is 1.22 bits per heavy atom. The van der Waals surface area contributed by atoms with Crippen molar-refractivity contribution in [2.75, 3.05) is 51.7 Å². The first kappa shape index (κ1) is 24.1. The van der Waals surface area contributed by atoms with Crippen LogP contribution in [0.5, 0.6) is 0 Å². The fourth-order valence-electron chi connectivity index (χ4n) is 2.54. The first-order valence-corrected chi connectivity index (χ1v) is 10.4. The third-order valence-electron chi connectivity index (χ3n) is 3.95. The lowest BCUT2D eigenvalue weighted by Crippen LogP contribution is -2.42. The lowest BCUT2D eigenvalue weighted by Gasteiger charge is -2.25. The Labute approximate surface area is 177 Å². The highest BCUT2D eigenvalue weighted by molar-refractivity contribution is 14.0. The summed E-state index contributed by atoms with van der Waals surface area (Å²) in [4.78, 5) is 4.34. The van der Waals surface area contributed by atoms with Gasteiger partial charge in [0.05, 0.1) is 25.5 Å². The zero-order chi connectivity index (χ0) is 18.8. The highest BCUT2D eigenvalue weighted by Crippen LogP contribution is 2.05. The van der Waals surface area contributed by atoms with Crippen molar-refractivity contribution in [1.29, 1.82) is 0 Å². The quantitative estimate of drug-likeness (QED) is 0.310. The molecule has 154 valence electrons. The smallest absolute Gasteiger partial charge is 0.216 e. The lowest BCUT2D eigenvalue weighted by molar-refractivity contribution is 0.0731. The van der Waals surface area contributed by atoms with Gasteiger partial charge in [-0.1, -0.05) is 12.1 Å². The number of halogens is 2. The van der Waals surface area contributed by atoms with Gasteiger partial charge >= 0.3 is 0 Å². The molecule has 0 spiro atoms. The van der Waals surface area contributed by atoms with Crippen molar-refractivity contribution in [3.05, 3.63) is 35.6 Å². The van der Waals surface area contributed by atoms with E-state index in [9.17, 15) is 12.8 Å². The number of benzene rings is 1. The zero-order valence-corrected chi connectivity index (χ0v) is 18.6. The van der Waals surface area contributed by atoms with Crippen LogP contribution in [0.25, 0.3) is 0 Å². The summed E-state index contributed by atoms with van der Waals surface area (Å²) in [7, 11) is -3.31. The first-order valence-electron chi connectivity index (χ1n) is 8.83. The van der Waals surface area contributed by atoms with Crippen molar-refractivity contribution in [1.82, 2.24) is 14.9 Å². The molecular formula is C17H28FIN4O3S. The largest absolute Gasteiger partial charge is 0.379 e. The maximum Gasteiger partial charge on any atom is 0.216 e. The number of guanidine groups is 1. The molecule has 0 atom stereocenters. The molecule has 1 heterocycles. The van der Waals surface area contributed by atoms with Crippen LogP contribution in [0.1, 0.15) is 12.5 Å². The summed E-state index contributed by atoms with van der Waals surface area (Å²) >= 11 is 0. The molecule has 27 heavy (non-hydrogen) atoms. The molecule has 1 fully saturated rings. The SMILES string of the molecule is CCNC(=NCCS(=O)(=O)N1CCOCC1)NCCc1ccc(F)cc1.I. The van der Waals surface area contributed by atoms with Crippen LogP contribution in [-0.4, -0.2) is 70.4 Å². The molecule has 2 rings (SSSR count). The molecule has 1 aromatic rings. The summed E-state index contributed by atoms with van der Waals surface area (Å²) in [6, 6.07) is 6.36. The summed E-state index contributed by atoms with van der Waals surface area (Å²) in [5.41, 5.74) is 1.02. The van der Waals surface area contributed by atoms with Gasteiger partial charge in [0.2, 0.25) is 10.0 Å². The second kappa shape index (κ2) is 12.5. The number of morpholine rings is 1. The van der Waals surface area contributed by atoms with Crippen molar-refractivity contribution in [3.63, 3.8) is 0 Å². The van der Waals surface area contributed by atoms with E-state index in [2.05, 4.69) is 15.6 Å². The standard InChI is InChI=1S/C17H27FN4O3S.HI/c1-2-19-17(20-8-7-15-3-5-16(18)6-4-15)21-9-14-26(23,24)22-10-12-25-13-11-22;/h3-6H,2,7-14H2,1H3,(H2,19,20,21);1H. The van der Waals surface area contributed by atoms with Crippen LogP contribution < -0.4 is 10.6 Å². The molecule has 7 nitrogen and oxygen atoms in total. The number of ether oxygens (including phenoxy) is 1. The first-order chi connectivity index (χ1) is 12.5. The minimum Gasteiger partial charge on any atom is -0.379 e. The molecule has 2 N–H and O–H groups in total. The molecule has 0 saturated carbocycles. The molecular weight excluding hydrogens is 486 g/mol. The van der Waals surface area contributed by atoms with E-state index >= 15 is 0 Å². The third kappa shape index (κ3) is 8.71. The van der Waals surface area contributed by atoms with E-state index in [4.69, 9.17) is 4.74 Å². The Morgan fingerprint density at radius 3 is 2.52 bits per heavy atom. The van der Waals surface area contributed by atoms with Crippen molar-refractivity contribution in [2.45, 2.75) is 13.3 Å². The van der Waals surface area contributed by atoms with Crippen LogP contribution >= 0.6 is 24.0 Å². The Kier molecular flexibility index (Phi) is 11.1. The highest BCUT2D eigenvalue weighted by Gasteiger charge is 2.23. The molecule has 0 amide bonds. The molecule has 1 aromatic carbocycles. The van der Waals surface area contributed by atoms with Gasteiger partial charge in [0.1, 0.15) is 5.82 Å². The molecule has 0 radical (unpaired) electrons. The van der Waals surface area contributed by atoms with Crippen molar-refractivity contribution >= 4 is 40.0 Å². The number of hydrogen-bond donors (Lipinski definition) is 2. The number of aliphatic imine (C=N–C) groups is 1. The van der Waals surface area contributed by atoms with Crippen LogP contribution in [-0.2, 0) is 21.2 Å². The number of rotatable bonds is 8. The zero-order valence-electron chi connectivity index (χ0n) is 15.5. The molecule has 0 unspecified atom stereocenters. The average molecular weight is 514 g/mol. The lowest BCUT2D eigenvalue weighted by atomic mass is 10.1. The van der Waals surface area contributed by atoms with Gasteiger partial charge in [0.25, 0.3) is 0 Å². The maximum absolute atomic E-state index is 12.9. The highest BCUT2D eigenvalue weighted by atomic mass is 127. The van der Waals surface area contributed by atoms with E-state index in [0.29, 0.717) is 45.4 Å². The van der Waals surface area contributed by atoms with Crippen LogP contribution in [0, 0.1) is 5.82 Å². The average Bonchev–Trinajstić information content (AvgIpc) is 2.64. The second-order valence-corrected chi connectivity index (χ2v) is 7.98. The van der Waals surface area contributed by atoms with Gasteiger partial charge in [-0.3, -0.25) is 4.99 Å². The van der Waals surface area contributed by atoms with Gasteiger partial charge in [-0.05, 0) is 31.0 Å². The molecule has 1 saturated heterocycles. The van der Waals surface area contributed by atoms with Crippen LogP contribution in [0.4, 0.5) is 4.39 Å². The molecule has 10 heteroatoms. The monoisotopic (exact) mass is 514 g/mol. The summed E-state index contributed by atoms with van der Waals surface area (Å²) < 4.78 is 44.1. The summed E-state index contributed by atoms with van der Waals surface area (Å²) in [5, 5.41) is 6.26. The molecule has 0 bridgehead atoms. The van der Waals surface area contributed by atoms with E-state index in [1.54, 1.807) is 12.1 Å². The van der Waals surface area contributed by atoms with Crippen LogP contribution in [0.15, 0.2) is 29.3 Å². The molecule has 0 aromatic heterocycles. The Balaban J connectivity index is 0.00000364. The fraction of sp³-hybridized carbons (Fsp3) is 0.588. The van der Waals surface area contributed by atoms with Gasteiger partial charge < -0.3 is 15.4 Å². The molecule has 1 aliphatic rings. The summed E-state index contributed by atoms with van der Waals surface area (Å²) in [5.74, 6) is 0.298. The molecule has 0 aliphatic carbocycles. The fourth-order valence-corrected chi connectivity index (χ4v) is 3.83. The van der Waals surface area contributed by atoms with Crippen molar-refractivity contribution < 1.29 is 17.5 Å². The minimum absolute atomic E-state index is 0. The number of sulfonamides is 1. The maximum atomic E-state index is 12.9. The van der Waals surface area contributed by atoms with Crippen LogP contribution in [0.3, 0.4) is 0 Å². The molecule has 1 aliphatic heterocycles. The minimum atomic E-state index is -3.31. The van der Waals surface area contributed by atoms with Gasteiger partial charge in [-0.15, -0.1) is 24.0 Å². The predicted octanol–water partition coefficient (Wildman–Crippen LogP) is 1.20. The summed E-state index contributed by atoms with van der Waals surface area (Å²) in [6.45, 7) is 5.12. The Morgan fingerprint density at radius 2 is 1.89 bits per heavy atom. The van der Waals surface area contributed by atoms with Gasteiger partial charge in [-0.2, -0.15) is 4.31 Å². The summed E-state index contributed by atoms with van der Waals surface area (Å²) in [6.07, 6.45) is 0.719. The van der Waals surface area contributed by atoms with E-state index < -0.39 is 10.0 Å². The van der Waals surface area contributed by atoms with Gasteiger partial charge in [0.15, 0.2) is 5.96 Å². The number of hydrogen-bond acceptors (Lipinski definition) is 4. The van der Waals surface area contributed by atoms with Crippen molar-refractivity contribution in [2.24, 2.45) is 4.99 Å². The number of nitrogens with one attached hydrogen (secondary N) is 2. The van der Waals surface area contributed by atoms with E-state index in [1.807, 2.05) is 6.92 Å². The van der Waals surface area contributed by atoms with Crippen molar-refractivity contribution in [3.8, 4) is 0 Å². The predicted molar refractivity (Wildman–Crippen MR) is 116 cm³/mol. The topological polar surface area (TPSA) is 83.0 Å².